The van der Waals surface area contributed by atoms with E-state index in [2.05, 4.69) is 5.10 Å². The summed E-state index contributed by atoms with van der Waals surface area (Å²) in [4.78, 5) is 10.8. The number of halogens is 2. The van der Waals surface area contributed by atoms with Crippen molar-refractivity contribution in [2.75, 3.05) is 5.73 Å². The molecule has 0 aliphatic heterocycles. The first kappa shape index (κ1) is 11.1. The number of carbonyl (C=O) groups excluding carboxylic acids is 1. The van der Waals surface area contributed by atoms with E-state index in [9.17, 15) is 13.6 Å². The predicted molar refractivity (Wildman–Crippen MR) is 56.4 cm³/mol. The van der Waals surface area contributed by atoms with E-state index in [1.165, 1.54) is 18.3 Å². The third kappa shape index (κ3) is 1.82. The number of nitrogen functional groups attached to an aromatic ring is 1. The van der Waals surface area contributed by atoms with Crippen molar-refractivity contribution in [3.05, 3.63) is 41.7 Å². The van der Waals surface area contributed by atoms with Gasteiger partial charge in [0.15, 0.2) is 11.6 Å². The Kier molecular flexibility index (Phi) is 2.51. The third-order valence-electron chi connectivity index (χ3n) is 2.17. The SMILES string of the molecule is NC(=O)c1ccn(-c2c(N)ccc(F)c2F)n1. The number of carbonyl (C=O) groups is 1. The van der Waals surface area contributed by atoms with E-state index in [-0.39, 0.29) is 17.1 Å². The zero-order valence-corrected chi connectivity index (χ0v) is 8.52. The van der Waals surface area contributed by atoms with Crippen molar-refractivity contribution < 1.29 is 13.6 Å². The fourth-order valence-electron chi connectivity index (χ4n) is 1.37. The van der Waals surface area contributed by atoms with Crippen LogP contribution in [0.2, 0.25) is 0 Å². The van der Waals surface area contributed by atoms with E-state index in [0.29, 0.717) is 0 Å². The first-order valence-corrected chi connectivity index (χ1v) is 4.60. The van der Waals surface area contributed by atoms with Crippen molar-refractivity contribution in [3.63, 3.8) is 0 Å². The molecule has 0 saturated carbocycles. The van der Waals surface area contributed by atoms with Crippen molar-refractivity contribution in [3.8, 4) is 5.69 Å². The molecule has 1 heterocycles. The van der Waals surface area contributed by atoms with Crippen LogP contribution >= 0.6 is 0 Å². The lowest BCUT2D eigenvalue weighted by molar-refractivity contribution is 0.0995. The molecule has 2 aromatic rings. The minimum Gasteiger partial charge on any atom is -0.397 e. The molecule has 0 radical (unpaired) electrons. The fourth-order valence-corrected chi connectivity index (χ4v) is 1.37. The van der Waals surface area contributed by atoms with Crippen molar-refractivity contribution in [1.29, 1.82) is 0 Å². The second-order valence-corrected chi connectivity index (χ2v) is 3.31. The van der Waals surface area contributed by atoms with Crippen LogP contribution in [0.1, 0.15) is 10.5 Å². The zero-order valence-electron chi connectivity index (χ0n) is 8.52. The van der Waals surface area contributed by atoms with Gasteiger partial charge < -0.3 is 11.5 Å². The molecular weight excluding hydrogens is 230 g/mol. The van der Waals surface area contributed by atoms with Crippen molar-refractivity contribution >= 4 is 11.6 Å². The molecule has 5 nitrogen and oxygen atoms in total. The number of nitrogens with two attached hydrogens (primary N) is 2. The highest BCUT2D eigenvalue weighted by molar-refractivity contribution is 5.90. The summed E-state index contributed by atoms with van der Waals surface area (Å²) in [5, 5.41) is 3.70. The Morgan fingerprint density at radius 2 is 2.00 bits per heavy atom. The first-order valence-electron chi connectivity index (χ1n) is 4.60. The highest BCUT2D eigenvalue weighted by Gasteiger charge is 2.15. The summed E-state index contributed by atoms with van der Waals surface area (Å²) < 4.78 is 27.5. The van der Waals surface area contributed by atoms with Gasteiger partial charge in [0.05, 0.1) is 5.69 Å². The van der Waals surface area contributed by atoms with Crippen LogP contribution in [-0.2, 0) is 0 Å². The monoisotopic (exact) mass is 238 g/mol. The number of primary amides is 1. The molecule has 2 rings (SSSR count). The van der Waals surface area contributed by atoms with Crippen LogP contribution in [0.15, 0.2) is 24.4 Å². The maximum atomic E-state index is 13.5. The van der Waals surface area contributed by atoms with E-state index in [4.69, 9.17) is 11.5 Å². The third-order valence-corrected chi connectivity index (χ3v) is 2.17. The molecule has 88 valence electrons. The van der Waals surface area contributed by atoms with E-state index in [1.807, 2.05) is 0 Å². The van der Waals surface area contributed by atoms with Crippen LogP contribution in [-0.4, -0.2) is 15.7 Å². The summed E-state index contributed by atoms with van der Waals surface area (Å²) in [6, 6.07) is 3.40. The summed E-state index contributed by atoms with van der Waals surface area (Å²) in [5.74, 6) is -2.95. The number of hydrogen-bond donors (Lipinski definition) is 2. The highest BCUT2D eigenvalue weighted by Crippen LogP contribution is 2.22. The van der Waals surface area contributed by atoms with Gasteiger partial charge in [-0.05, 0) is 18.2 Å². The van der Waals surface area contributed by atoms with E-state index >= 15 is 0 Å². The van der Waals surface area contributed by atoms with Crippen LogP contribution in [0.3, 0.4) is 0 Å². The Bertz CT molecular complexity index is 594. The Hall–Kier alpha value is -2.44. The average Bonchev–Trinajstić information content (AvgIpc) is 2.73. The topological polar surface area (TPSA) is 86.9 Å². The molecule has 0 atom stereocenters. The van der Waals surface area contributed by atoms with E-state index in [1.54, 1.807) is 0 Å². The maximum Gasteiger partial charge on any atom is 0.269 e. The second kappa shape index (κ2) is 3.85. The summed E-state index contributed by atoms with van der Waals surface area (Å²) in [5.41, 5.74) is 10.2. The zero-order chi connectivity index (χ0) is 12.6. The lowest BCUT2D eigenvalue weighted by Gasteiger charge is -2.07. The number of rotatable bonds is 2. The molecule has 0 aliphatic carbocycles. The smallest absolute Gasteiger partial charge is 0.269 e. The first-order chi connectivity index (χ1) is 8.00. The van der Waals surface area contributed by atoms with Crippen LogP contribution in [0.5, 0.6) is 0 Å². The molecule has 7 heteroatoms. The highest BCUT2D eigenvalue weighted by atomic mass is 19.2. The molecule has 4 N–H and O–H groups in total. The number of amides is 1. The van der Waals surface area contributed by atoms with Gasteiger partial charge in [-0.3, -0.25) is 4.79 Å². The minimum absolute atomic E-state index is 0.00280. The van der Waals surface area contributed by atoms with Gasteiger partial charge in [0.1, 0.15) is 11.4 Å². The van der Waals surface area contributed by atoms with Gasteiger partial charge in [-0.2, -0.15) is 5.10 Å². The largest absolute Gasteiger partial charge is 0.397 e. The number of nitrogens with zero attached hydrogens (tertiary/aromatic N) is 2. The molecule has 0 fully saturated rings. The Morgan fingerprint density at radius 1 is 1.29 bits per heavy atom. The Morgan fingerprint density at radius 3 is 2.59 bits per heavy atom. The second-order valence-electron chi connectivity index (χ2n) is 3.31. The number of hydrogen-bond acceptors (Lipinski definition) is 3. The fraction of sp³-hybridized carbons (Fsp3) is 0. The van der Waals surface area contributed by atoms with Crippen molar-refractivity contribution in [2.24, 2.45) is 5.73 Å². The van der Waals surface area contributed by atoms with Gasteiger partial charge in [-0.15, -0.1) is 0 Å². The van der Waals surface area contributed by atoms with E-state index < -0.39 is 17.5 Å². The molecule has 1 aromatic carbocycles. The molecule has 0 bridgehead atoms. The van der Waals surface area contributed by atoms with Gasteiger partial charge in [-0.25, -0.2) is 13.5 Å². The number of aromatic nitrogens is 2. The molecule has 0 unspecified atom stereocenters. The molecule has 0 spiro atoms. The van der Waals surface area contributed by atoms with Gasteiger partial charge in [0.25, 0.3) is 5.91 Å². The van der Waals surface area contributed by atoms with Crippen LogP contribution in [0, 0.1) is 11.6 Å². The van der Waals surface area contributed by atoms with E-state index in [0.717, 1.165) is 10.7 Å². The molecule has 0 aliphatic rings. The van der Waals surface area contributed by atoms with Gasteiger partial charge in [-0.1, -0.05) is 0 Å². The molecule has 17 heavy (non-hydrogen) atoms. The van der Waals surface area contributed by atoms with Crippen LogP contribution < -0.4 is 11.5 Å². The van der Waals surface area contributed by atoms with Crippen molar-refractivity contribution in [2.45, 2.75) is 0 Å². The standard InChI is InChI=1S/C10H8F2N4O/c11-5-1-2-6(13)9(8(5)12)16-4-3-7(15-16)10(14)17/h1-4H,13H2,(H2,14,17). The summed E-state index contributed by atoms with van der Waals surface area (Å²) in [6.45, 7) is 0. The summed E-state index contributed by atoms with van der Waals surface area (Å²) >= 11 is 0. The average molecular weight is 238 g/mol. The van der Waals surface area contributed by atoms with Crippen molar-refractivity contribution in [1.82, 2.24) is 9.78 Å². The van der Waals surface area contributed by atoms with Gasteiger partial charge in [0, 0.05) is 6.20 Å². The Labute approximate surface area is 94.6 Å². The number of benzene rings is 1. The normalized spacial score (nSPS) is 10.5. The van der Waals surface area contributed by atoms with Crippen LogP contribution in [0.25, 0.3) is 5.69 Å². The quantitative estimate of drug-likeness (QED) is 0.760. The van der Waals surface area contributed by atoms with Gasteiger partial charge in [0.2, 0.25) is 0 Å². The summed E-state index contributed by atoms with van der Waals surface area (Å²) in [7, 11) is 0. The number of anilines is 1. The predicted octanol–water partition coefficient (Wildman–Crippen LogP) is 0.832. The minimum atomic E-state index is -1.14. The maximum absolute atomic E-state index is 13.5. The molecule has 0 saturated heterocycles. The lowest BCUT2D eigenvalue weighted by Crippen LogP contribution is -2.13. The Balaban J connectivity index is 2.60. The molecular formula is C10H8F2N4O. The lowest BCUT2D eigenvalue weighted by atomic mass is 10.2. The van der Waals surface area contributed by atoms with Gasteiger partial charge >= 0.3 is 0 Å². The molecule has 1 amide bonds. The van der Waals surface area contributed by atoms with Crippen LogP contribution in [0.4, 0.5) is 14.5 Å². The summed E-state index contributed by atoms with van der Waals surface area (Å²) in [6.07, 6.45) is 1.27. The molecule has 1 aromatic heterocycles.